The number of nitrogens with zero attached hydrogens (tertiary/aromatic N) is 2. The Labute approximate surface area is 185 Å². The molecule has 0 radical (unpaired) electrons. The van der Waals surface area contributed by atoms with Crippen molar-refractivity contribution in [1.29, 1.82) is 0 Å². The van der Waals surface area contributed by atoms with Crippen LogP contribution in [0.4, 0.5) is 10.5 Å². The largest absolute Gasteiger partial charge is 0.513 e. The monoisotopic (exact) mass is 465 g/mol. The van der Waals surface area contributed by atoms with E-state index in [1.807, 2.05) is 0 Å². The summed E-state index contributed by atoms with van der Waals surface area (Å²) in [5.74, 6) is 0.171. The summed E-state index contributed by atoms with van der Waals surface area (Å²) >= 11 is 0. The Hall–Kier alpha value is -3.80. The number of amides is 1. The predicted octanol–water partition coefficient (Wildman–Crippen LogP) is 1.77. The van der Waals surface area contributed by atoms with Gasteiger partial charge in [0, 0.05) is 6.07 Å². The average Bonchev–Trinajstić information content (AvgIpc) is 2.77. The van der Waals surface area contributed by atoms with E-state index in [2.05, 4.69) is 15.3 Å². The number of ether oxygens (including phenoxy) is 4. The van der Waals surface area contributed by atoms with Crippen LogP contribution in [0.15, 0.2) is 47.6 Å². The summed E-state index contributed by atoms with van der Waals surface area (Å²) in [4.78, 5) is 23.5. The molecular weight excluding hydrogens is 442 g/mol. The van der Waals surface area contributed by atoms with Gasteiger partial charge in [0.25, 0.3) is 5.91 Å². The van der Waals surface area contributed by atoms with Crippen LogP contribution in [0, 0.1) is 0 Å². The van der Waals surface area contributed by atoms with Crippen LogP contribution < -0.4 is 23.9 Å². The highest BCUT2D eigenvalue weighted by molar-refractivity contribution is 7.92. The van der Waals surface area contributed by atoms with Gasteiger partial charge in [0.15, 0.2) is 11.5 Å². The predicted molar refractivity (Wildman–Crippen MR) is 117 cm³/mol. The molecule has 0 heterocycles. The molecule has 0 saturated heterocycles. The number of benzene rings is 2. The van der Waals surface area contributed by atoms with E-state index in [0.29, 0.717) is 11.3 Å². The van der Waals surface area contributed by atoms with E-state index in [0.717, 1.165) is 10.6 Å². The van der Waals surface area contributed by atoms with E-state index in [-0.39, 0.29) is 17.2 Å². The highest BCUT2D eigenvalue weighted by Gasteiger charge is 2.21. The van der Waals surface area contributed by atoms with E-state index in [4.69, 9.17) is 14.2 Å². The second-order valence-corrected chi connectivity index (χ2v) is 8.14. The molecule has 12 heteroatoms. The van der Waals surface area contributed by atoms with Crippen LogP contribution in [0.1, 0.15) is 5.56 Å². The first kappa shape index (κ1) is 24.5. The second-order valence-electron chi connectivity index (χ2n) is 6.23. The average molecular weight is 465 g/mol. The Morgan fingerprint density at radius 2 is 1.81 bits per heavy atom. The molecule has 0 saturated carbocycles. The molecule has 0 fully saturated rings. The number of anilines is 1. The zero-order valence-electron chi connectivity index (χ0n) is 17.9. The number of sulfonamides is 1. The lowest BCUT2D eigenvalue weighted by Crippen LogP contribution is -2.39. The molecule has 0 unspecified atom stereocenters. The van der Waals surface area contributed by atoms with E-state index in [9.17, 15) is 18.0 Å². The lowest BCUT2D eigenvalue weighted by molar-refractivity contribution is -0.119. The number of carbonyl (C=O) groups excluding carboxylic acids is 2. The number of hydrogen-bond acceptors (Lipinski definition) is 9. The minimum absolute atomic E-state index is 0.141. The third kappa shape index (κ3) is 6.87. The van der Waals surface area contributed by atoms with Crippen molar-refractivity contribution in [3.05, 3.63) is 48.0 Å². The molecule has 32 heavy (non-hydrogen) atoms. The molecular formula is C20H23N3O8S. The summed E-state index contributed by atoms with van der Waals surface area (Å²) < 4.78 is 44.9. The SMILES string of the molecule is COC(=O)Oc1ccc(/C=N\NC(=O)CN(c2cccc(OC)c2)S(C)(=O)=O)cc1OC. The van der Waals surface area contributed by atoms with Gasteiger partial charge in [-0.25, -0.2) is 18.6 Å². The lowest BCUT2D eigenvalue weighted by Gasteiger charge is -2.21. The Morgan fingerprint density at radius 1 is 1.06 bits per heavy atom. The summed E-state index contributed by atoms with van der Waals surface area (Å²) in [5, 5.41) is 3.83. The van der Waals surface area contributed by atoms with Crippen LogP contribution in [0.3, 0.4) is 0 Å². The minimum Gasteiger partial charge on any atom is -0.497 e. The first-order chi connectivity index (χ1) is 15.2. The van der Waals surface area contributed by atoms with Crippen molar-refractivity contribution in [3.63, 3.8) is 0 Å². The van der Waals surface area contributed by atoms with Crippen molar-refractivity contribution < 1.29 is 37.0 Å². The molecule has 0 spiro atoms. The third-order valence-corrected chi connectivity index (χ3v) is 5.12. The summed E-state index contributed by atoms with van der Waals surface area (Å²) in [6.07, 6.45) is 1.41. The molecule has 2 aromatic carbocycles. The topological polar surface area (TPSA) is 133 Å². The first-order valence-corrected chi connectivity index (χ1v) is 10.9. The van der Waals surface area contributed by atoms with Crippen molar-refractivity contribution >= 4 is 34.0 Å². The molecule has 0 aliphatic carbocycles. The number of nitrogens with one attached hydrogen (secondary N) is 1. The Kier molecular flexibility index (Phi) is 8.41. The summed E-state index contributed by atoms with van der Waals surface area (Å²) in [7, 11) is 0.276. The molecule has 1 N–H and O–H groups in total. The van der Waals surface area contributed by atoms with Crippen molar-refractivity contribution in [2.24, 2.45) is 5.10 Å². The maximum absolute atomic E-state index is 12.3. The smallest absolute Gasteiger partial charge is 0.497 e. The van der Waals surface area contributed by atoms with Gasteiger partial charge in [0.1, 0.15) is 12.3 Å². The zero-order valence-corrected chi connectivity index (χ0v) is 18.7. The molecule has 0 aliphatic heterocycles. The van der Waals surface area contributed by atoms with Crippen molar-refractivity contribution in [1.82, 2.24) is 5.43 Å². The lowest BCUT2D eigenvalue weighted by atomic mass is 10.2. The van der Waals surface area contributed by atoms with Crippen LogP contribution in [0.2, 0.25) is 0 Å². The van der Waals surface area contributed by atoms with Gasteiger partial charge in [-0.1, -0.05) is 6.07 Å². The molecule has 0 atom stereocenters. The summed E-state index contributed by atoms with van der Waals surface area (Å²) in [6, 6.07) is 10.9. The number of rotatable bonds is 9. The fourth-order valence-electron chi connectivity index (χ4n) is 2.49. The van der Waals surface area contributed by atoms with Crippen LogP contribution in [-0.4, -0.2) is 60.8 Å². The van der Waals surface area contributed by atoms with Gasteiger partial charge in [-0.3, -0.25) is 9.10 Å². The van der Waals surface area contributed by atoms with Gasteiger partial charge in [-0.2, -0.15) is 5.10 Å². The van der Waals surface area contributed by atoms with Gasteiger partial charge in [0.05, 0.1) is 39.5 Å². The zero-order chi connectivity index (χ0) is 23.7. The number of hydrogen-bond donors (Lipinski definition) is 1. The fourth-order valence-corrected chi connectivity index (χ4v) is 3.34. The second kappa shape index (κ2) is 11.0. The molecule has 172 valence electrons. The molecule has 0 bridgehead atoms. The van der Waals surface area contributed by atoms with E-state index >= 15 is 0 Å². The van der Waals surface area contributed by atoms with Gasteiger partial charge < -0.3 is 18.9 Å². The third-order valence-electron chi connectivity index (χ3n) is 3.98. The van der Waals surface area contributed by atoms with Gasteiger partial charge >= 0.3 is 6.16 Å². The fraction of sp³-hybridized carbons (Fsp3) is 0.250. The molecule has 0 aliphatic rings. The number of methoxy groups -OCH3 is 3. The van der Waals surface area contributed by atoms with Crippen LogP contribution in [0.25, 0.3) is 0 Å². The molecule has 2 aromatic rings. The Balaban J connectivity index is 2.09. The Bertz CT molecular complexity index is 1100. The van der Waals surface area contributed by atoms with Crippen molar-refractivity contribution in [2.75, 3.05) is 38.4 Å². The quantitative estimate of drug-likeness (QED) is 0.256. The number of carbonyl (C=O) groups is 2. The van der Waals surface area contributed by atoms with E-state index in [1.165, 1.54) is 45.7 Å². The Morgan fingerprint density at radius 3 is 2.44 bits per heavy atom. The van der Waals surface area contributed by atoms with Crippen LogP contribution in [0.5, 0.6) is 17.2 Å². The summed E-state index contributed by atoms with van der Waals surface area (Å²) in [6.45, 7) is -0.488. The summed E-state index contributed by atoms with van der Waals surface area (Å²) in [5.41, 5.74) is 3.07. The van der Waals surface area contributed by atoms with Gasteiger partial charge in [-0.05, 0) is 35.9 Å². The maximum atomic E-state index is 12.3. The van der Waals surface area contributed by atoms with E-state index < -0.39 is 28.6 Å². The van der Waals surface area contributed by atoms with Crippen molar-refractivity contribution in [3.8, 4) is 17.2 Å². The van der Waals surface area contributed by atoms with Crippen molar-refractivity contribution in [2.45, 2.75) is 0 Å². The van der Waals surface area contributed by atoms with E-state index in [1.54, 1.807) is 24.3 Å². The molecule has 2 rings (SSSR count). The maximum Gasteiger partial charge on any atom is 0.513 e. The highest BCUT2D eigenvalue weighted by atomic mass is 32.2. The van der Waals surface area contributed by atoms with Crippen LogP contribution in [-0.2, 0) is 19.6 Å². The molecule has 11 nitrogen and oxygen atoms in total. The minimum atomic E-state index is -3.74. The number of hydrazone groups is 1. The molecule has 0 aromatic heterocycles. The normalized spacial score (nSPS) is 11.0. The van der Waals surface area contributed by atoms with Gasteiger partial charge in [-0.15, -0.1) is 0 Å². The highest BCUT2D eigenvalue weighted by Crippen LogP contribution is 2.28. The van der Waals surface area contributed by atoms with Gasteiger partial charge in [0.2, 0.25) is 10.0 Å². The molecule has 1 amide bonds. The standard InChI is InChI=1S/C20H23N3O8S/c1-28-16-7-5-6-15(11-16)23(32(4,26)27)13-19(24)22-21-12-14-8-9-17(18(10-14)29-2)31-20(25)30-3/h5-12H,13H2,1-4H3,(H,22,24)/b21-12-. The van der Waals surface area contributed by atoms with Crippen LogP contribution >= 0.6 is 0 Å². The first-order valence-electron chi connectivity index (χ1n) is 9.05.